The topological polar surface area (TPSA) is 47.3 Å². The number of hydrogen-bond acceptors (Lipinski definition) is 4. The Bertz CT molecular complexity index is 468. The minimum Gasteiger partial charge on any atom is -0.497 e. The van der Waals surface area contributed by atoms with Gasteiger partial charge in [-0.15, -0.1) is 11.3 Å². The number of nitrogens with one attached hydrogen (secondary N) is 1. The molecule has 0 saturated heterocycles. The van der Waals surface area contributed by atoms with E-state index in [1.54, 1.807) is 18.4 Å². The zero-order valence-corrected chi connectivity index (χ0v) is 9.88. The highest BCUT2D eigenvalue weighted by atomic mass is 32.1. The fraction of sp³-hybridized carbons (Fsp3) is 0.167. The number of nitrogen functional groups attached to an aromatic ring is 1. The molecule has 0 unspecified atom stereocenters. The molecule has 0 aliphatic heterocycles. The molecule has 0 aliphatic rings. The van der Waals surface area contributed by atoms with Crippen LogP contribution in [-0.2, 0) is 6.54 Å². The van der Waals surface area contributed by atoms with Gasteiger partial charge >= 0.3 is 0 Å². The van der Waals surface area contributed by atoms with E-state index in [-0.39, 0.29) is 0 Å². The predicted octanol–water partition coefficient (Wildman–Crippen LogP) is 2.95. The quantitative estimate of drug-likeness (QED) is 0.855. The zero-order chi connectivity index (χ0) is 11.4. The van der Waals surface area contributed by atoms with Crippen molar-refractivity contribution in [2.45, 2.75) is 6.54 Å². The third-order valence-electron chi connectivity index (χ3n) is 2.30. The number of anilines is 2. The highest BCUT2D eigenvalue weighted by Gasteiger charge is 2.00. The first-order valence-electron chi connectivity index (χ1n) is 4.99. The maximum absolute atomic E-state index is 5.81. The predicted molar refractivity (Wildman–Crippen MR) is 69.1 cm³/mol. The zero-order valence-electron chi connectivity index (χ0n) is 9.07. The van der Waals surface area contributed by atoms with Gasteiger partial charge in [0.2, 0.25) is 0 Å². The van der Waals surface area contributed by atoms with Crippen LogP contribution < -0.4 is 15.8 Å². The lowest BCUT2D eigenvalue weighted by atomic mass is 10.3. The summed E-state index contributed by atoms with van der Waals surface area (Å²) in [7, 11) is 1.66. The van der Waals surface area contributed by atoms with E-state index in [1.807, 2.05) is 35.7 Å². The van der Waals surface area contributed by atoms with Crippen molar-refractivity contribution < 1.29 is 4.74 Å². The molecule has 2 aromatic rings. The molecule has 0 spiro atoms. The third-order valence-corrected chi connectivity index (χ3v) is 3.24. The molecule has 2 rings (SSSR count). The van der Waals surface area contributed by atoms with Gasteiger partial charge in [0.25, 0.3) is 0 Å². The molecule has 4 heteroatoms. The van der Waals surface area contributed by atoms with Crippen LogP contribution in [0.2, 0.25) is 0 Å². The molecule has 0 saturated carbocycles. The van der Waals surface area contributed by atoms with Crippen LogP contribution in [0.15, 0.2) is 35.7 Å². The van der Waals surface area contributed by atoms with Crippen LogP contribution in [0.5, 0.6) is 5.75 Å². The normalized spacial score (nSPS) is 10.1. The van der Waals surface area contributed by atoms with E-state index in [0.29, 0.717) is 0 Å². The molecule has 16 heavy (non-hydrogen) atoms. The summed E-state index contributed by atoms with van der Waals surface area (Å²) in [6.45, 7) is 0.747. The number of methoxy groups -OCH3 is 1. The Hall–Kier alpha value is -1.68. The second kappa shape index (κ2) is 4.90. The number of rotatable bonds is 4. The second-order valence-electron chi connectivity index (χ2n) is 3.38. The molecule has 0 fully saturated rings. The van der Waals surface area contributed by atoms with Crippen LogP contribution in [0, 0.1) is 0 Å². The first kappa shape index (κ1) is 10.8. The fourth-order valence-corrected chi connectivity index (χ4v) is 2.15. The SMILES string of the molecule is COc1cccc(NCc2sccc2N)c1. The molecule has 0 amide bonds. The summed E-state index contributed by atoms with van der Waals surface area (Å²) in [6.07, 6.45) is 0. The van der Waals surface area contributed by atoms with Gasteiger partial charge in [-0.1, -0.05) is 6.07 Å². The molecular formula is C12H14N2OS. The Labute approximate surface area is 98.9 Å². The third kappa shape index (κ3) is 2.46. The van der Waals surface area contributed by atoms with E-state index in [9.17, 15) is 0 Å². The van der Waals surface area contributed by atoms with Gasteiger partial charge in [-0.05, 0) is 23.6 Å². The van der Waals surface area contributed by atoms with E-state index in [4.69, 9.17) is 10.5 Å². The average Bonchev–Trinajstić information content (AvgIpc) is 2.72. The van der Waals surface area contributed by atoms with Gasteiger partial charge in [0.05, 0.1) is 13.7 Å². The Morgan fingerprint density at radius 2 is 2.25 bits per heavy atom. The largest absolute Gasteiger partial charge is 0.497 e. The van der Waals surface area contributed by atoms with E-state index in [0.717, 1.165) is 28.5 Å². The number of benzene rings is 1. The summed E-state index contributed by atoms with van der Waals surface area (Å²) in [5, 5.41) is 5.31. The lowest BCUT2D eigenvalue weighted by Crippen LogP contribution is -1.99. The number of nitrogens with two attached hydrogens (primary N) is 1. The van der Waals surface area contributed by atoms with E-state index >= 15 is 0 Å². The molecule has 0 radical (unpaired) electrons. The van der Waals surface area contributed by atoms with E-state index in [2.05, 4.69) is 5.32 Å². The average molecular weight is 234 g/mol. The lowest BCUT2D eigenvalue weighted by molar-refractivity contribution is 0.415. The lowest BCUT2D eigenvalue weighted by Gasteiger charge is -2.07. The van der Waals surface area contributed by atoms with Gasteiger partial charge in [-0.2, -0.15) is 0 Å². The highest BCUT2D eigenvalue weighted by Crippen LogP contribution is 2.22. The van der Waals surface area contributed by atoms with Gasteiger partial charge in [0, 0.05) is 22.3 Å². The van der Waals surface area contributed by atoms with Crippen molar-refractivity contribution in [2.75, 3.05) is 18.2 Å². The smallest absolute Gasteiger partial charge is 0.120 e. The summed E-state index contributed by atoms with van der Waals surface area (Å²) in [5.41, 5.74) is 7.69. The van der Waals surface area contributed by atoms with Crippen LogP contribution in [0.4, 0.5) is 11.4 Å². The minimum atomic E-state index is 0.747. The number of thiophene rings is 1. The van der Waals surface area contributed by atoms with Crippen molar-refractivity contribution in [3.63, 3.8) is 0 Å². The molecule has 3 N–H and O–H groups in total. The molecule has 1 aromatic carbocycles. The molecule has 0 aliphatic carbocycles. The van der Waals surface area contributed by atoms with Crippen molar-refractivity contribution in [3.05, 3.63) is 40.6 Å². The van der Waals surface area contributed by atoms with Gasteiger partial charge in [-0.25, -0.2) is 0 Å². The second-order valence-corrected chi connectivity index (χ2v) is 4.39. The van der Waals surface area contributed by atoms with Gasteiger partial charge in [-0.3, -0.25) is 0 Å². The standard InChI is InChI=1S/C12H14N2OS/c1-15-10-4-2-3-9(7-10)14-8-12-11(13)5-6-16-12/h2-7,14H,8,13H2,1H3. The van der Waals surface area contributed by atoms with Gasteiger partial charge in [0.1, 0.15) is 5.75 Å². The molecule has 84 valence electrons. The monoisotopic (exact) mass is 234 g/mol. The van der Waals surface area contributed by atoms with E-state index in [1.165, 1.54) is 0 Å². The van der Waals surface area contributed by atoms with Crippen molar-refractivity contribution >= 4 is 22.7 Å². The Morgan fingerprint density at radius 3 is 2.94 bits per heavy atom. The minimum absolute atomic E-state index is 0.747. The Kier molecular flexibility index (Phi) is 3.31. The maximum Gasteiger partial charge on any atom is 0.120 e. The fourth-order valence-electron chi connectivity index (χ4n) is 1.41. The summed E-state index contributed by atoms with van der Waals surface area (Å²) in [5.74, 6) is 0.851. The summed E-state index contributed by atoms with van der Waals surface area (Å²) >= 11 is 1.66. The Balaban J connectivity index is 2.02. The van der Waals surface area contributed by atoms with Crippen molar-refractivity contribution in [2.24, 2.45) is 0 Å². The summed E-state index contributed by atoms with van der Waals surface area (Å²) in [4.78, 5) is 1.16. The summed E-state index contributed by atoms with van der Waals surface area (Å²) < 4.78 is 5.15. The van der Waals surface area contributed by atoms with Crippen LogP contribution >= 0.6 is 11.3 Å². The molecule has 0 bridgehead atoms. The maximum atomic E-state index is 5.81. The Morgan fingerprint density at radius 1 is 1.38 bits per heavy atom. The molecule has 1 heterocycles. The molecule has 3 nitrogen and oxygen atoms in total. The van der Waals surface area contributed by atoms with Crippen molar-refractivity contribution in [3.8, 4) is 5.75 Å². The summed E-state index contributed by atoms with van der Waals surface area (Å²) in [6, 6.07) is 9.77. The van der Waals surface area contributed by atoms with Crippen LogP contribution in [-0.4, -0.2) is 7.11 Å². The van der Waals surface area contributed by atoms with Crippen molar-refractivity contribution in [1.29, 1.82) is 0 Å². The number of hydrogen-bond donors (Lipinski definition) is 2. The van der Waals surface area contributed by atoms with Crippen LogP contribution in [0.25, 0.3) is 0 Å². The molecule has 0 atom stereocenters. The van der Waals surface area contributed by atoms with Crippen LogP contribution in [0.1, 0.15) is 4.88 Å². The molecular weight excluding hydrogens is 220 g/mol. The van der Waals surface area contributed by atoms with Gasteiger partial charge in [0.15, 0.2) is 0 Å². The molecule has 1 aromatic heterocycles. The van der Waals surface area contributed by atoms with E-state index < -0.39 is 0 Å². The number of ether oxygens (including phenoxy) is 1. The van der Waals surface area contributed by atoms with Crippen molar-refractivity contribution in [1.82, 2.24) is 0 Å². The van der Waals surface area contributed by atoms with Gasteiger partial charge < -0.3 is 15.8 Å². The highest BCUT2D eigenvalue weighted by molar-refractivity contribution is 7.10. The first-order chi connectivity index (χ1) is 7.79. The first-order valence-corrected chi connectivity index (χ1v) is 5.87. The van der Waals surface area contributed by atoms with Crippen LogP contribution in [0.3, 0.4) is 0 Å².